The van der Waals surface area contributed by atoms with Gasteiger partial charge in [0.1, 0.15) is 0 Å². The highest BCUT2D eigenvalue weighted by atomic mass is 16.4. The summed E-state index contributed by atoms with van der Waals surface area (Å²) in [7, 11) is 0. The molecule has 0 fully saturated rings. The number of carbonyl (C=O) groups is 2. The summed E-state index contributed by atoms with van der Waals surface area (Å²) in [5.74, 6) is -2.19. The molecule has 0 aliphatic rings. The van der Waals surface area contributed by atoms with Crippen molar-refractivity contribution in [1.82, 2.24) is 4.57 Å². The van der Waals surface area contributed by atoms with Gasteiger partial charge in [0.15, 0.2) is 0 Å². The molecule has 1 rings (SSSR count). The van der Waals surface area contributed by atoms with E-state index in [0.29, 0.717) is 0 Å². The van der Waals surface area contributed by atoms with E-state index in [0.717, 1.165) is 6.07 Å². The molecule has 1 heterocycles. The van der Waals surface area contributed by atoms with Crippen LogP contribution in [0.15, 0.2) is 23.1 Å². The van der Waals surface area contributed by atoms with Crippen molar-refractivity contribution in [1.29, 1.82) is 0 Å². The molecule has 0 aliphatic carbocycles. The SMILES string of the molecule is CC(Cn1cc(C(=O)O)ccc1=O)C(N)=O. The Bertz CT molecular complexity index is 478. The number of nitrogens with two attached hydrogens (primary N) is 1. The molecule has 86 valence electrons. The summed E-state index contributed by atoms with van der Waals surface area (Å²) in [6.07, 6.45) is 1.20. The summed E-state index contributed by atoms with van der Waals surface area (Å²) in [6.45, 7) is 1.65. The molecule has 0 saturated heterocycles. The molecule has 0 aromatic carbocycles. The number of carbonyl (C=O) groups excluding carboxylic acids is 1. The maximum absolute atomic E-state index is 11.4. The summed E-state index contributed by atoms with van der Waals surface area (Å²) in [6, 6.07) is 2.37. The van der Waals surface area contributed by atoms with E-state index in [4.69, 9.17) is 10.8 Å². The van der Waals surface area contributed by atoms with Crippen LogP contribution in [0.5, 0.6) is 0 Å². The fourth-order valence-corrected chi connectivity index (χ4v) is 1.19. The van der Waals surface area contributed by atoms with Crippen molar-refractivity contribution >= 4 is 11.9 Å². The lowest BCUT2D eigenvalue weighted by atomic mass is 10.1. The van der Waals surface area contributed by atoms with Gasteiger partial charge in [-0.2, -0.15) is 0 Å². The van der Waals surface area contributed by atoms with E-state index in [1.54, 1.807) is 6.92 Å². The van der Waals surface area contributed by atoms with E-state index in [1.165, 1.54) is 16.8 Å². The lowest BCUT2D eigenvalue weighted by Crippen LogP contribution is -2.29. The van der Waals surface area contributed by atoms with Gasteiger partial charge in [0.05, 0.1) is 11.5 Å². The first-order valence-electron chi connectivity index (χ1n) is 4.65. The number of hydrogen-bond acceptors (Lipinski definition) is 3. The standard InChI is InChI=1S/C10H12N2O4/c1-6(9(11)14)4-12-5-7(10(15)16)2-3-8(12)13/h2-3,5-6H,4H2,1H3,(H2,11,14)(H,15,16). The molecule has 1 unspecified atom stereocenters. The van der Waals surface area contributed by atoms with Gasteiger partial charge in [0, 0.05) is 18.8 Å². The average Bonchev–Trinajstić information content (AvgIpc) is 2.20. The third-order valence-corrected chi connectivity index (χ3v) is 2.19. The fourth-order valence-electron chi connectivity index (χ4n) is 1.19. The molecular weight excluding hydrogens is 212 g/mol. The van der Waals surface area contributed by atoms with E-state index in [2.05, 4.69) is 0 Å². The van der Waals surface area contributed by atoms with Crippen LogP contribution in [-0.4, -0.2) is 21.6 Å². The second kappa shape index (κ2) is 4.61. The minimum atomic E-state index is -1.12. The van der Waals surface area contributed by atoms with Gasteiger partial charge in [-0.15, -0.1) is 0 Å². The molecule has 0 bridgehead atoms. The van der Waals surface area contributed by atoms with Gasteiger partial charge in [-0.05, 0) is 6.07 Å². The van der Waals surface area contributed by atoms with Gasteiger partial charge < -0.3 is 15.4 Å². The first kappa shape index (κ1) is 12.0. The first-order valence-corrected chi connectivity index (χ1v) is 4.65. The molecular formula is C10H12N2O4. The van der Waals surface area contributed by atoms with Crippen molar-refractivity contribution in [2.75, 3.05) is 0 Å². The van der Waals surface area contributed by atoms with Crippen molar-refractivity contribution in [2.45, 2.75) is 13.5 Å². The zero-order valence-corrected chi connectivity index (χ0v) is 8.71. The predicted molar refractivity (Wildman–Crippen MR) is 56.0 cm³/mol. The minimum absolute atomic E-state index is 0.00345. The number of hydrogen-bond donors (Lipinski definition) is 2. The van der Waals surface area contributed by atoms with Crippen LogP contribution < -0.4 is 11.3 Å². The highest BCUT2D eigenvalue weighted by Crippen LogP contribution is 2.00. The quantitative estimate of drug-likeness (QED) is 0.730. The van der Waals surface area contributed by atoms with E-state index in [-0.39, 0.29) is 17.7 Å². The van der Waals surface area contributed by atoms with Crippen LogP contribution in [0.1, 0.15) is 17.3 Å². The molecule has 1 aromatic rings. The summed E-state index contributed by atoms with van der Waals surface area (Å²) in [5, 5.41) is 8.74. The predicted octanol–water partition coefficient (Wildman–Crippen LogP) is -0.332. The maximum atomic E-state index is 11.4. The fraction of sp³-hybridized carbons (Fsp3) is 0.300. The minimum Gasteiger partial charge on any atom is -0.478 e. The molecule has 3 N–H and O–H groups in total. The van der Waals surface area contributed by atoms with Gasteiger partial charge in [0.2, 0.25) is 5.91 Å². The van der Waals surface area contributed by atoms with Crippen LogP contribution in [0.4, 0.5) is 0 Å². The van der Waals surface area contributed by atoms with Crippen LogP contribution in [0.3, 0.4) is 0 Å². The van der Waals surface area contributed by atoms with Crippen LogP contribution in [0.25, 0.3) is 0 Å². The van der Waals surface area contributed by atoms with Gasteiger partial charge in [-0.3, -0.25) is 9.59 Å². The first-order chi connectivity index (χ1) is 7.41. The molecule has 0 radical (unpaired) electrons. The summed E-state index contributed by atoms with van der Waals surface area (Å²) in [4.78, 5) is 32.9. The van der Waals surface area contributed by atoms with E-state index in [9.17, 15) is 14.4 Å². The normalized spacial score (nSPS) is 12.1. The van der Waals surface area contributed by atoms with Gasteiger partial charge in [-0.1, -0.05) is 6.92 Å². The Balaban J connectivity index is 3.03. The third kappa shape index (κ3) is 2.69. The zero-order chi connectivity index (χ0) is 12.3. The number of carboxylic acids is 1. The smallest absolute Gasteiger partial charge is 0.337 e. The number of pyridine rings is 1. The Labute approximate surface area is 91.3 Å². The Kier molecular flexibility index (Phi) is 3.44. The van der Waals surface area contributed by atoms with Gasteiger partial charge in [-0.25, -0.2) is 4.79 Å². The number of carboxylic acid groups (broad SMARTS) is 1. The van der Waals surface area contributed by atoms with Crippen molar-refractivity contribution in [2.24, 2.45) is 11.7 Å². The number of amides is 1. The average molecular weight is 224 g/mol. The maximum Gasteiger partial charge on any atom is 0.337 e. The van der Waals surface area contributed by atoms with Crippen molar-refractivity contribution in [3.63, 3.8) is 0 Å². The Hall–Kier alpha value is -2.11. The highest BCUT2D eigenvalue weighted by Gasteiger charge is 2.11. The van der Waals surface area contributed by atoms with Crippen LogP contribution >= 0.6 is 0 Å². The summed E-state index contributed by atoms with van der Waals surface area (Å²) in [5.41, 5.74) is 4.69. The number of aromatic carboxylic acids is 1. The van der Waals surface area contributed by atoms with Gasteiger partial charge in [0.25, 0.3) is 5.56 Å². The lowest BCUT2D eigenvalue weighted by Gasteiger charge is -2.10. The van der Waals surface area contributed by atoms with E-state index < -0.39 is 17.8 Å². The second-order valence-electron chi connectivity index (χ2n) is 3.52. The highest BCUT2D eigenvalue weighted by molar-refractivity contribution is 5.87. The topological polar surface area (TPSA) is 102 Å². The lowest BCUT2D eigenvalue weighted by molar-refractivity contribution is -0.121. The Morgan fingerprint density at radius 2 is 2.12 bits per heavy atom. The molecule has 0 aliphatic heterocycles. The molecule has 1 amide bonds. The molecule has 0 spiro atoms. The van der Waals surface area contributed by atoms with Crippen molar-refractivity contribution in [3.05, 3.63) is 34.2 Å². The van der Waals surface area contributed by atoms with E-state index >= 15 is 0 Å². The Morgan fingerprint density at radius 3 is 2.62 bits per heavy atom. The monoisotopic (exact) mass is 224 g/mol. The number of rotatable bonds is 4. The number of aromatic nitrogens is 1. The molecule has 1 atom stereocenters. The van der Waals surface area contributed by atoms with E-state index in [1.807, 2.05) is 0 Å². The van der Waals surface area contributed by atoms with Crippen LogP contribution in [0.2, 0.25) is 0 Å². The number of nitrogens with zero attached hydrogens (tertiary/aromatic N) is 1. The third-order valence-electron chi connectivity index (χ3n) is 2.19. The Morgan fingerprint density at radius 1 is 1.50 bits per heavy atom. The largest absolute Gasteiger partial charge is 0.478 e. The molecule has 1 aromatic heterocycles. The van der Waals surface area contributed by atoms with Gasteiger partial charge >= 0.3 is 5.97 Å². The molecule has 6 heteroatoms. The number of primary amides is 1. The zero-order valence-electron chi connectivity index (χ0n) is 8.71. The second-order valence-corrected chi connectivity index (χ2v) is 3.52. The summed E-state index contributed by atoms with van der Waals surface area (Å²) < 4.78 is 1.17. The van der Waals surface area contributed by atoms with Crippen LogP contribution in [-0.2, 0) is 11.3 Å². The molecule has 16 heavy (non-hydrogen) atoms. The molecule has 6 nitrogen and oxygen atoms in total. The molecule has 0 saturated carbocycles. The van der Waals surface area contributed by atoms with Crippen LogP contribution in [0, 0.1) is 5.92 Å². The van der Waals surface area contributed by atoms with Crippen molar-refractivity contribution < 1.29 is 14.7 Å². The summed E-state index contributed by atoms with van der Waals surface area (Å²) >= 11 is 0. The van der Waals surface area contributed by atoms with Crippen molar-refractivity contribution in [3.8, 4) is 0 Å².